The largest absolute Gasteiger partial charge is 0.470 e. The van der Waals surface area contributed by atoms with E-state index in [1.54, 1.807) is 24.4 Å². The first kappa shape index (κ1) is 18.9. The lowest BCUT2D eigenvalue weighted by molar-refractivity contribution is -0.384. The molecule has 27 heavy (non-hydrogen) atoms. The highest BCUT2D eigenvalue weighted by molar-refractivity contribution is 9.10. The van der Waals surface area contributed by atoms with Gasteiger partial charge in [0.25, 0.3) is 11.6 Å². The van der Waals surface area contributed by atoms with Gasteiger partial charge in [-0.2, -0.15) is 5.10 Å². The third-order valence-corrected chi connectivity index (χ3v) is 4.24. The summed E-state index contributed by atoms with van der Waals surface area (Å²) in [5.41, 5.74) is 0.554. The van der Waals surface area contributed by atoms with Gasteiger partial charge in [-0.15, -0.1) is 0 Å². The van der Waals surface area contributed by atoms with Gasteiger partial charge in [0.05, 0.1) is 9.95 Å². The van der Waals surface area contributed by atoms with Crippen LogP contribution >= 0.6 is 27.5 Å². The number of non-ortho nitro benzene ring substituents is 1. The molecule has 1 heterocycles. The second-order valence-electron chi connectivity index (χ2n) is 5.35. The zero-order valence-corrected chi connectivity index (χ0v) is 16.0. The molecule has 0 atom stereocenters. The molecule has 1 N–H and O–H groups in total. The molecular weight excluding hydrogens is 440 g/mol. The summed E-state index contributed by atoms with van der Waals surface area (Å²) in [6.07, 6.45) is 1.59. The van der Waals surface area contributed by atoms with E-state index in [1.165, 1.54) is 35.0 Å². The minimum Gasteiger partial charge on any atom is -0.470 e. The lowest BCUT2D eigenvalue weighted by Gasteiger charge is -2.08. The third kappa shape index (κ3) is 4.83. The molecule has 0 fully saturated rings. The van der Waals surface area contributed by atoms with Gasteiger partial charge in [0, 0.05) is 28.5 Å². The Morgan fingerprint density at radius 3 is 2.67 bits per heavy atom. The quantitative estimate of drug-likeness (QED) is 0.439. The summed E-state index contributed by atoms with van der Waals surface area (Å²) in [4.78, 5) is 22.4. The van der Waals surface area contributed by atoms with E-state index >= 15 is 0 Å². The van der Waals surface area contributed by atoms with Crippen molar-refractivity contribution >= 4 is 44.8 Å². The monoisotopic (exact) mass is 450 g/mol. The molecule has 0 spiro atoms. The number of rotatable bonds is 6. The predicted octanol–water partition coefficient (Wildman–Crippen LogP) is 4.50. The van der Waals surface area contributed by atoms with E-state index in [4.69, 9.17) is 16.3 Å². The van der Waals surface area contributed by atoms with Crippen molar-refractivity contribution < 1.29 is 14.5 Å². The highest BCUT2D eigenvalue weighted by Gasteiger charge is 2.12. The van der Waals surface area contributed by atoms with Crippen LogP contribution in [-0.4, -0.2) is 20.6 Å². The van der Waals surface area contributed by atoms with E-state index in [-0.39, 0.29) is 18.1 Å². The van der Waals surface area contributed by atoms with Gasteiger partial charge in [-0.1, -0.05) is 27.5 Å². The number of ether oxygens (including phenoxy) is 1. The van der Waals surface area contributed by atoms with E-state index in [0.717, 1.165) is 4.47 Å². The normalized spacial score (nSPS) is 10.4. The van der Waals surface area contributed by atoms with Crippen LogP contribution in [0.2, 0.25) is 5.02 Å². The highest BCUT2D eigenvalue weighted by Crippen LogP contribution is 2.27. The SMILES string of the molecule is O=C(Nc1ccc([N+](=O)[O-])cc1)c1ccn(COc2ccc(Br)cc2Cl)n1. The topological polar surface area (TPSA) is 99.3 Å². The summed E-state index contributed by atoms with van der Waals surface area (Å²) >= 11 is 9.40. The molecule has 0 bridgehead atoms. The van der Waals surface area contributed by atoms with Crippen molar-refractivity contribution in [1.29, 1.82) is 0 Å². The van der Waals surface area contributed by atoms with Crippen LogP contribution in [-0.2, 0) is 6.73 Å². The molecule has 0 saturated carbocycles. The Kier molecular flexibility index (Phi) is 5.72. The highest BCUT2D eigenvalue weighted by atomic mass is 79.9. The maximum atomic E-state index is 12.2. The Morgan fingerprint density at radius 1 is 1.26 bits per heavy atom. The summed E-state index contributed by atoms with van der Waals surface area (Å²) in [5.74, 6) is 0.0523. The fourth-order valence-corrected chi connectivity index (χ4v) is 2.87. The van der Waals surface area contributed by atoms with Crippen molar-refractivity contribution in [2.45, 2.75) is 6.73 Å². The standard InChI is InChI=1S/C17H12BrClN4O4/c18-11-1-6-16(14(19)9-11)27-10-22-8-7-15(21-22)17(24)20-12-2-4-13(5-3-12)23(25)26/h1-9H,10H2,(H,20,24). The van der Waals surface area contributed by atoms with Gasteiger partial charge in [-0.25, -0.2) is 4.68 Å². The number of hydrogen-bond donors (Lipinski definition) is 1. The van der Waals surface area contributed by atoms with E-state index in [0.29, 0.717) is 16.5 Å². The molecule has 10 heteroatoms. The van der Waals surface area contributed by atoms with Gasteiger partial charge in [0.15, 0.2) is 12.4 Å². The Bertz CT molecular complexity index is 991. The average molecular weight is 452 g/mol. The van der Waals surface area contributed by atoms with Crippen LogP contribution in [0.3, 0.4) is 0 Å². The number of nitrogens with zero attached hydrogens (tertiary/aromatic N) is 3. The van der Waals surface area contributed by atoms with Gasteiger partial charge in [-0.3, -0.25) is 14.9 Å². The van der Waals surface area contributed by atoms with Crippen molar-refractivity contribution in [3.63, 3.8) is 0 Å². The van der Waals surface area contributed by atoms with Crippen LogP contribution in [0.4, 0.5) is 11.4 Å². The summed E-state index contributed by atoms with van der Waals surface area (Å²) in [5, 5.41) is 17.9. The third-order valence-electron chi connectivity index (χ3n) is 3.46. The van der Waals surface area contributed by atoms with Gasteiger partial charge in [0.1, 0.15) is 5.75 Å². The number of nitro groups is 1. The first-order valence-electron chi connectivity index (χ1n) is 7.59. The zero-order chi connectivity index (χ0) is 19.4. The van der Waals surface area contributed by atoms with Crippen molar-refractivity contribution in [1.82, 2.24) is 9.78 Å². The molecule has 8 nitrogen and oxygen atoms in total. The van der Waals surface area contributed by atoms with Gasteiger partial charge < -0.3 is 10.1 Å². The molecule has 3 rings (SSSR count). The molecule has 0 aliphatic rings. The summed E-state index contributed by atoms with van der Waals surface area (Å²) in [6.45, 7) is 0.0756. The van der Waals surface area contributed by atoms with E-state index in [1.807, 2.05) is 0 Å². The van der Waals surface area contributed by atoms with Crippen molar-refractivity contribution in [3.05, 3.63) is 80.0 Å². The number of halogens is 2. The number of nitrogens with one attached hydrogen (secondary N) is 1. The lowest BCUT2D eigenvalue weighted by atomic mass is 10.3. The fourth-order valence-electron chi connectivity index (χ4n) is 2.14. The summed E-state index contributed by atoms with van der Waals surface area (Å²) in [7, 11) is 0. The molecule has 0 unspecified atom stereocenters. The molecule has 3 aromatic rings. The van der Waals surface area contributed by atoms with Gasteiger partial charge in [-0.05, 0) is 36.4 Å². The van der Waals surface area contributed by atoms with Crippen molar-refractivity contribution in [2.24, 2.45) is 0 Å². The second kappa shape index (κ2) is 8.19. The number of nitro benzene ring substituents is 1. The van der Waals surface area contributed by atoms with Crippen molar-refractivity contribution in [3.8, 4) is 5.75 Å². The first-order valence-corrected chi connectivity index (χ1v) is 8.76. The number of anilines is 1. The number of aromatic nitrogens is 2. The van der Waals surface area contributed by atoms with Crippen LogP contribution in [0.25, 0.3) is 0 Å². The lowest BCUT2D eigenvalue weighted by Crippen LogP contribution is -2.14. The summed E-state index contributed by atoms with van der Waals surface area (Å²) < 4.78 is 7.86. The van der Waals surface area contributed by atoms with Gasteiger partial charge >= 0.3 is 0 Å². The molecule has 2 aromatic carbocycles. The minimum absolute atomic E-state index is 0.0546. The van der Waals surface area contributed by atoms with Crippen LogP contribution in [0.5, 0.6) is 5.75 Å². The maximum Gasteiger partial charge on any atom is 0.276 e. The van der Waals surface area contributed by atoms with Crippen LogP contribution < -0.4 is 10.1 Å². The fraction of sp³-hybridized carbons (Fsp3) is 0.0588. The molecule has 1 aromatic heterocycles. The number of carbonyl (C=O) groups is 1. The number of hydrogen-bond acceptors (Lipinski definition) is 5. The molecule has 0 aliphatic carbocycles. The number of carbonyl (C=O) groups excluding carboxylic acids is 1. The average Bonchev–Trinajstić information content (AvgIpc) is 3.10. The zero-order valence-electron chi connectivity index (χ0n) is 13.6. The Morgan fingerprint density at radius 2 is 2.00 bits per heavy atom. The number of amides is 1. The molecule has 0 saturated heterocycles. The molecule has 0 aliphatic heterocycles. The molecular formula is C17H12BrClN4O4. The van der Waals surface area contributed by atoms with Crippen molar-refractivity contribution in [2.75, 3.05) is 5.32 Å². The second-order valence-corrected chi connectivity index (χ2v) is 6.67. The minimum atomic E-state index is -0.509. The van der Waals surface area contributed by atoms with Crippen LogP contribution in [0, 0.1) is 10.1 Å². The van der Waals surface area contributed by atoms with E-state index < -0.39 is 10.8 Å². The smallest absolute Gasteiger partial charge is 0.276 e. The summed E-state index contributed by atoms with van der Waals surface area (Å²) in [6, 6.07) is 12.3. The Hall–Kier alpha value is -2.91. The first-order chi connectivity index (χ1) is 12.9. The van der Waals surface area contributed by atoms with E-state index in [9.17, 15) is 14.9 Å². The van der Waals surface area contributed by atoms with Crippen LogP contribution in [0.15, 0.2) is 59.2 Å². The van der Waals surface area contributed by atoms with E-state index in [2.05, 4.69) is 26.3 Å². The molecule has 1 amide bonds. The predicted molar refractivity (Wildman–Crippen MR) is 103 cm³/mol. The molecule has 0 radical (unpaired) electrons. The molecule has 138 valence electrons. The Balaban J connectivity index is 1.61. The maximum absolute atomic E-state index is 12.2. The van der Waals surface area contributed by atoms with Crippen LogP contribution in [0.1, 0.15) is 10.5 Å². The van der Waals surface area contributed by atoms with Gasteiger partial charge in [0.2, 0.25) is 0 Å². The Labute approximate surface area is 167 Å². The number of benzene rings is 2.